The summed E-state index contributed by atoms with van der Waals surface area (Å²) in [6.45, 7) is 7.49. The van der Waals surface area contributed by atoms with E-state index in [-0.39, 0.29) is 5.54 Å². The zero-order valence-corrected chi connectivity index (χ0v) is 7.85. The molecule has 0 saturated heterocycles. The van der Waals surface area contributed by atoms with Gasteiger partial charge >= 0.3 is 0 Å². The summed E-state index contributed by atoms with van der Waals surface area (Å²) in [4.78, 5) is 0. The minimum Gasteiger partial charge on any atom is -0.326 e. The highest BCUT2D eigenvalue weighted by atomic mass is 15.0. The van der Waals surface area contributed by atoms with Gasteiger partial charge in [0.15, 0.2) is 0 Å². The Kier molecular flexibility index (Phi) is 2.55. The molecule has 1 rings (SSSR count). The van der Waals surface area contributed by atoms with Crippen LogP contribution in [0.2, 0.25) is 0 Å². The molecule has 2 nitrogen and oxygen atoms in total. The minimum absolute atomic E-state index is 0.215. The summed E-state index contributed by atoms with van der Waals surface area (Å²) >= 11 is 0. The van der Waals surface area contributed by atoms with Gasteiger partial charge in [0.25, 0.3) is 0 Å². The predicted molar refractivity (Wildman–Crippen MR) is 48.5 cm³/mol. The molecule has 1 aliphatic carbocycles. The van der Waals surface area contributed by atoms with Crippen LogP contribution in [0.1, 0.15) is 33.6 Å². The van der Waals surface area contributed by atoms with Crippen molar-refractivity contribution >= 4 is 0 Å². The maximum absolute atomic E-state index is 5.92. The van der Waals surface area contributed by atoms with E-state index in [2.05, 4.69) is 26.1 Å². The molecule has 1 atom stereocenters. The van der Waals surface area contributed by atoms with Crippen LogP contribution in [0.25, 0.3) is 0 Å². The molecular weight excluding hydrogens is 136 g/mol. The third kappa shape index (κ3) is 3.73. The van der Waals surface area contributed by atoms with Crippen molar-refractivity contribution in [1.82, 2.24) is 5.32 Å². The van der Waals surface area contributed by atoms with E-state index in [0.29, 0.717) is 6.04 Å². The normalized spacial score (nSPS) is 21.8. The Morgan fingerprint density at radius 1 is 1.45 bits per heavy atom. The Hall–Kier alpha value is -0.0800. The van der Waals surface area contributed by atoms with E-state index < -0.39 is 0 Å². The van der Waals surface area contributed by atoms with Gasteiger partial charge in [0.2, 0.25) is 0 Å². The second kappa shape index (κ2) is 3.11. The van der Waals surface area contributed by atoms with Crippen LogP contribution in [0.3, 0.4) is 0 Å². The fourth-order valence-electron chi connectivity index (χ4n) is 1.12. The third-order valence-corrected chi connectivity index (χ3v) is 2.10. The predicted octanol–water partition coefficient (Wildman–Crippen LogP) is 1.11. The number of rotatable bonds is 3. The second-order valence-electron chi connectivity index (χ2n) is 4.63. The molecule has 11 heavy (non-hydrogen) atoms. The van der Waals surface area contributed by atoms with Gasteiger partial charge in [-0.2, -0.15) is 0 Å². The molecule has 0 heterocycles. The summed E-state index contributed by atoms with van der Waals surface area (Å²) < 4.78 is 0. The Morgan fingerprint density at radius 3 is 2.36 bits per heavy atom. The van der Waals surface area contributed by atoms with E-state index in [1.165, 1.54) is 12.8 Å². The van der Waals surface area contributed by atoms with Gasteiger partial charge in [-0.05, 0) is 39.5 Å². The van der Waals surface area contributed by atoms with E-state index in [4.69, 9.17) is 5.73 Å². The zero-order chi connectivity index (χ0) is 8.48. The van der Waals surface area contributed by atoms with Crippen molar-refractivity contribution < 1.29 is 0 Å². The van der Waals surface area contributed by atoms with Crippen molar-refractivity contribution in [1.29, 1.82) is 0 Å². The van der Waals surface area contributed by atoms with Crippen LogP contribution in [-0.2, 0) is 0 Å². The van der Waals surface area contributed by atoms with Gasteiger partial charge in [0.1, 0.15) is 0 Å². The highest BCUT2D eigenvalue weighted by Gasteiger charge is 2.28. The van der Waals surface area contributed by atoms with Crippen LogP contribution in [0, 0.1) is 5.92 Å². The molecule has 0 aromatic heterocycles. The zero-order valence-electron chi connectivity index (χ0n) is 7.85. The van der Waals surface area contributed by atoms with Crippen LogP contribution >= 0.6 is 0 Å². The summed E-state index contributed by atoms with van der Waals surface area (Å²) in [5.41, 5.74) is 6.14. The Morgan fingerprint density at radius 2 is 2.00 bits per heavy atom. The molecule has 1 aliphatic rings. The van der Waals surface area contributed by atoms with Crippen molar-refractivity contribution in [3.8, 4) is 0 Å². The minimum atomic E-state index is 0.215. The molecule has 2 heteroatoms. The average Bonchev–Trinajstić information content (AvgIpc) is 2.61. The largest absolute Gasteiger partial charge is 0.326 e. The Bertz CT molecular complexity index is 122. The van der Waals surface area contributed by atoms with E-state index in [0.717, 1.165) is 12.5 Å². The van der Waals surface area contributed by atoms with E-state index >= 15 is 0 Å². The van der Waals surface area contributed by atoms with E-state index in [1.54, 1.807) is 0 Å². The first-order valence-corrected chi connectivity index (χ1v) is 4.49. The summed E-state index contributed by atoms with van der Waals surface area (Å²) in [6, 6.07) is 0.384. The van der Waals surface area contributed by atoms with Gasteiger partial charge in [-0.3, -0.25) is 0 Å². The number of nitrogens with two attached hydrogens (primary N) is 1. The lowest BCUT2D eigenvalue weighted by molar-refractivity contribution is 0.393. The van der Waals surface area contributed by atoms with Gasteiger partial charge in [-0.25, -0.2) is 0 Å². The molecule has 3 N–H and O–H groups in total. The summed E-state index contributed by atoms with van der Waals surface area (Å²) in [6.07, 6.45) is 2.68. The van der Waals surface area contributed by atoms with Gasteiger partial charge in [0, 0.05) is 18.1 Å². The van der Waals surface area contributed by atoms with Crippen LogP contribution in [0.4, 0.5) is 0 Å². The molecule has 0 amide bonds. The van der Waals surface area contributed by atoms with Gasteiger partial charge < -0.3 is 11.1 Å². The molecule has 0 bridgehead atoms. The van der Waals surface area contributed by atoms with Crippen molar-refractivity contribution in [3.63, 3.8) is 0 Å². The fourth-order valence-corrected chi connectivity index (χ4v) is 1.12. The lowest BCUT2D eigenvalue weighted by Crippen LogP contribution is -2.44. The first kappa shape index (κ1) is 9.01. The Balaban J connectivity index is 2.10. The van der Waals surface area contributed by atoms with Gasteiger partial charge in [-0.1, -0.05) is 0 Å². The molecule has 0 radical (unpaired) electrons. The van der Waals surface area contributed by atoms with Crippen molar-refractivity contribution in [2.45, 2.75) is 45.2 Å². The number of nitrogens with one attached hydrogen (secondary N) is 1. The first-order valence-electron chi connectivity index (χ1n) is 4.49. The van der Waals surface area contributed by atoms with E-state index in [1.807, 2.05) is 0 Å². The first-order chi connectivity index (χ1) is 4.99. The molecular formula is C9H20N2. The highest BCUT2D eigenvalue weighted by molar-refractivity contribution is 4.86. The highest BCUT2D eigenvalue weighted by Crippen LogP contribution is 2.31. The monoisotopic (exact) mass is 156 g/mol. The molecule has 1 saturated carbocycles. The lowest BCUT2D eigenvalue weighted by Gasteiger charge is -2.23. The average molecular weight is 156 g/mol. The van der Waals surface area contributed by atoms with E-state index in [9.17, 15) is 0 Å². The lowest BCUT2D eigenvalue weighted by atomic mass is 10.1. The van der Waals surface area contributed by atoms with Crippen LogP contribution in [0.15, 0.2) is 0 Å². The van der Waals surface area contributed by atoms with Crippen molar-refractivity contribution in [2.24, 2.45) is 11.7 Å². The maximum atomic E-state index is 5.92. The third-order valence-electron chi connectivity index (χ3n) is 2.10. The number of hydrogen-bond donors (Lipinski definition) is 2. The molecule has 1 fully saturated rings. The molecule has 1 unspecified atom stereocenters. The molecule has 0 aromatic carbocycles. The summed E-state index contributed by atoms with van der Waals surface area (Å²) in [5, 5.41) is 3.42. The fraction of sp³-hybridized carbons (Fsp3) is 1.00. The second-order valence-corrected chi connectivity index (χ2v) is 4.63. The van der Waals surface area contributed by atoms with Crippen LogP contribution < -0.4 is 11.1 Å². The SMILES string of the molecule is CC(C)(C)NCC(N)C1CC1. The van der Waals surface area contributed by atoms with Crippen molar-refractivity contribution in [2.75, 3.05) is 6.54 Å². The smallest absolute Gasteiger partial charge is 0.0194 e. The summed E-state index contributed by atoms with van der Waals surface area (Å²) in [5.74, 6) is 0.810. The quantitative estimate of drug-likeness (QED) is 0.642. The number of hydrogen-bond acceptors (Lipinski definition) is 2. The molecule has 0 spiro atoms. The standard InChI is InChI=1S/C9H20N2/c1-9(2,3)11-6-8(10)7-4-5-7/h7-8,11H,4-6,10H2,1-3H3. The topological polar surface area (TPSA) is 38.0 Å². The van der Waals surface area contributed by atoms with Crippen molar-refractivity contribution in [3.05, 3.63) is 0 Å². The van der Waals surface area contributed by atoms with Crippen LogP contribution in [0.5, 0.6) is 0 Å². The molecule has 66 valence electrons. The van der Waals surface area contributed by atoms with Gasteiger partial charge in [-0.15, -0.1) is 0 Å². The maximum Gasteiger partial charge on any atom is 0.0194 e. The Labute approximate surface area is 69.5 Å². The summed E-state index contributed by atoms with van der Waals surface area (Å²) in [7, 11) is 0. The molecule has 0 aromatic rings. The van der Waals surface area contributed by atoms with Crippen LogP contribution in [-0.4, -0.2) is 18.1 Å². The molecule has 0 aliphatic heterocycles. The van der Waals surface area contributed by atoms with Gasteiger partial charge in [0.05, 0.1) is 0 Å².